The molecule has 2 fully saturated rings. The SMILES string of the molecule is CC1(CNC(=O)CCC2CCCC2)CCOCC1. The first-order chi connectivity index (χ1) is 8.68. The Morgan fingerprint density at radius 2 is 1.94 bits per heavy atom. The molecule has 2 aliphatic rings. The third-order valence-electron chi connectivity index (χ3n) is 4.67. The van der Waals surface area contributed by atoms with Gasteiger partial charge >= 0.3 is 0 Å². The lowest BCUT2D eigenvalue weighted by Gasteiger charge is -2.33. The molecule has 3 heteroatoms. The Balaban J connectivity index is 1.61. The van der Waals surface area contributed by atoms with E-state index in [1.165, 1.54) is 25.7 Å². The van der Waals surface area contributed by atoms with Gasteiger partial charge in [0.2, 0.25) is 5.91 Å². The second-order valence-corrected chi connectivity index (χ2v) is 6.39. The average Bonchev–Trinajstić information content (AvgIpc) is 2.88. The van der Waals surface area contributed by atoms with Crippen molar-refractivity contribution < 1.29 is 9.53 Å². The zero-order valence-corrected chi connectivity index (χ0v) is 11.7. The van der Waals surface area contributed by atoms with E-state index in [2.05, 4.69) is 12.2 Å². The molecule has 0 aromatic rings. The van der Waals surface area contributed by atoms with Gasteiger partial charge in [0, 0.05) is 26.2 Å². The van der Waals surface area contributed by atoms with Crippen molar-refractivity contribution in [1.29, 1.82) is 0 Å². The Labute approximate surface area is 111 Å². The summed E-state index contributed by atoms with van der Waals surface area (Å²) in [6.07, 6.45) is 9.34. The van der Waals surface area contributed by atoms with Crippen molar-refractivity contribution in [2.75, 3.05) is 19.8 Å². The standard InChI is InChI=1S/C15H27NO2/c1-15(8-10-18-11-9-15)12-16-14(17)7-6-13-4-2-3-5-13/h13H,2-12H2,1H3,(H,16,17). The maximum Gasteiger partial charge on any atom is 0.220 e. The van der Waals surface area contributed by atoms with Crippen LogP contribution in [0.1, 0.15) is 58.3 Å². The summed E-state index contributed by atoms with van der Waals surface area (Å²) in [7, 11) is 0. The van der Waals surface area contributed by atoms with Crippen molar-refractivity contribution >= 4 is 5.91 Å². The predicted octanol–water partition coefficient (Wildman–Crippen LogP) is 2.89. The molecule has 0 spiro atoms. The molecule has 1 N–H and O–H groups in total. The van der Waals surface area contributed by atoms with Crippen LogP contribution in [0.2, 0.25) is 0 Å². The van der Waals surface area contributed by atoms with Gasteiger partial charge in [-0.15, -0.1) is 0 Å². The molecule has 1 heterocycles. The molecular weight excluding hydrogens is 226 g/mol. The smallest absolute Gasteiger partial charge is 0.220 e. The van der Waals surface area contributed by atoms with Gasteiger partial charge in [-0.3, -0.25) is 4.79 Å². The average molecular weight is 253 g/mol. The van der Waals surface area contributed by atoms with Gasteiger partial charge in [-0.05, 0) is 30.6 Å². The number of hydrogen-bond donors (Lipinski definition) is 1. The summed E-state index contributed by atoms with van der Waals surface area (Å²) in [6.45, 7) is 4.76. The fourth-order valence-corrected chi connectivity index (χ4v) is 3.08. The summed E-state index contributed by atoms with van der Waals surface area (Å²) in [6, 6.07) is 0. The zero-order chi connectivity index (χ0) is 12.8. The molecule has 1 saturated carbocycles. The lowest BCUT2D eigenvalue weighted by molar-refractivity contribution is -0.122. The molecule has 0 aromatic heterocycles. The van der Waals surface area contributed by atoms with E-state index in [0.717, 1.165) is 51.4 Å². The van der Waals surface area contributed by atoms with Crippen LogP contribution in [0.4, 0.5) is 0 Å². The molecule has 1 aliphatic heterocycles. The van der Waals surface area contributed by atoms with E-state index in [4.69, 9.17) is 4.74 Å². The van der Waals surface area contributed by atoms with Crippen molar-refractivity contribution in [3.63, 3.8) is 0 Å². The fraction of sp³-hybridized carbons (Fsp3) is 0.933. The van der Waals surface area contributed by atoms with Gasteiger partial charge < -0.3 is 10.1 Å². The fourth-order valence-electron chi connectivity index (χ4n) is 3.08. The van der Waals surface area contributed by atoms with E-state index >= 15 is 0 Å². The number of carbonyl (C=O) groups is 1. The first-order valence-electron chi connectivity index (χ1n) is 7.52. The van der Waals surface area contributed by atoms with Crippen molar-refractivity contribution in [2.45, 2.75) is 58.3 Å². The van der Waals surface area contributed by atoms with Crippen LogP contribution in [0.15, 0.2) is 0 Å². The van der Waals surface area contributed by atoms with Crippen molar-refractivity contribution in [1.82, 2.24) is 5.32 Å². The van der Waals surface area contributed by atoms with E-state index in [1.807, 2.05) is 0 Å². The summed E-state index contributed by atoms with van der Waals surface area (Å²) in [5.74, 6) is 1.06. The Morgan fingerprint density at radius 3 is 2.61 bits per heavy atom. The van der Waals surface area contributed by atoms with Crippen molar-refractivity contribution in [3.8, 4) is 0 Å². The summed E-state index contributed by atoms with van der Waals surface area (Å²) in [5.41, 5.74) is 0.251. The first-order valence-corrected chi connectivity index (χ1v) is 7.52. The van der Waals surface area contributed by atoms with Crippen LogP contribution < -0.4 is 5.32 Å². The quantitative estimate of drug-likeness (QED) is 0.818. The van der Waals surface area contributed by atoms with Crippen LogP contribution in [-0.4, -0.2) is 25.7 Å². The number of amides is 1. The Bertz CT molecular complexity index is 266. The second-order valence-electron chi connectivity index (χ2n) is 6.39. The highest BCUT2D eigenvalue weighted by atomic mass is 16.5. The maximum absolute atomic E-state index is 11.8. The van der Waals surface area contributed by atoms with Gasteiger partial charge in [0.25, 0.3) is 0 Å². The van der Waals surface area contributed by atoms with E-state index in [-0.39, 0.29) is 11.3 Å². The summed E-state index contributed by atoms with van der Waals surface area (Å²) in [4.78, 5) is 11.8. The van der Waals surface area contributed by atoms with Gasteiger partial charge in [0.1, 0.15) is 0 Å². The second kappa shape index (κ2) is 6.55. The van der Waals surface area contributed by atoms with Crippen LogP contribution in [0, 0.1) is 11.3 Å². The highest BCUT2D eigenvalue weighted by molar-refractivity contribution is 5.75. The molecule has 2 rings (SSSR count). The van der Waals surface area contributed by atoms with Crippen LogP contribution in [0.5, 0.6) is 0 Å². The monoisotopic (exact) mass is 253 g/mol. The largest absolute Gasteiger partial charge is 0.381 e. The highest BCUT2D eigenvalue weighted by Gasteiger charge is 2.27. The minimum Gasteiger partial charge on any atom is -0.381 e. The van der Waals surface area contributed by atoms with Crippen LogP contribution in [-0.2, 0) is 9.53 Å². The van der Waals surface area contributed by atoms with Gasteiger partial charge in [0.05, 0.1) is 0 Å². The molecule has 0 aromatic carbocycles. The van der Waals surface area contributed by atoms with Gasteiger partial charge in [-0.2, -0.15) is 0 Å². The number of rotatable bonds is 5. The highest BCUT2D eigenvalue weighted by Crippen LogP contribution is 2.30. The molecule has 0 bridgehead atoms. The number of ether oxygens (including phenoxy) is 1. The van der Waals surface area contributed by atoms with E-state index < -0.39 is 0 Å². The van der Waals surface area contributed by atoms with E-state index in [0.29, 0.717) is 0 Å². The first kappa shape index (κ1) is 13.9. The molecule has 1 saturated heterocycles. The number of nitrogens with one attached hydrogen (secondary N) is 1. The van der Waals surface area contributed by atoms with Crippen LogP contribution >= 0.6 is 0 Å². The molecule has 1 amide bonds. The molecule has 18 heavy (non-hydrogen) atoms. The summed E-state index contributed by atoms with van der Waals surface area (Å²) in [5, 5.41) is 3.12. The molecular formula is C15H27NO2. The third kappa shape index (κ3) is 4.27. The summed E-state index contributed by atoms with van der Waals surface area (Å²) >= 11 is 0. The van der Waals surface area contributed by atoms with Gasteiger partial charge in [-0.1, -0.05) is 32.6 Å². The van der Waals surface area contributed by atoms with E-state index in [1.54, 1.807) is 0 Å². The van der Waals surface area contributed by atoms with Crippen molar-refractivity contribution in [2.24, 2.45) is 11.3 Å². The Kier molecular flexibility index (Phi) is 5.04. The zero-order valence-electron chi connectivity index (χ0n) is 11.7. The molecule has 0 radical (unpaired) electrons. The third-order valence-corrected chi connectivity index (χ3v) is 4.67. The maximum atomic E-state index is 11.8. The van der Waals surface area contributed by atoms with Gasteiger partial charge in [-0.25, -0.2) is 0 Å². The molecule has 0 unspecified atom stereocenters. The lowest BCUT2D eigenvalue weighted by Crippen LogP contribution is -2.39. The van der Waals surface area contributed by atoms with Crippen LogP contribution in [0.3, 0.4) is 0 Å². The predicted molar refractivity (Wildman–Crippen MR) is 72.4 cm³/mol. The Morgan fingerprint density at radius 1 is 1.28 bits per heavy atom. The molecule has 104 valence electrons. The van der Waals surface area contributed by atoms with Crippen LogP contribution in [0.25, 0.3) is 0 Å². The molecule has 3 nitrogen and oxygen atoms in total. The number of carbonyl (C=O) groups excluding carboxylic acids is 1. The normalized spacial score (nSPS) is 24.1. The molecule has 0 atom stereocenters. The molecule has 1 aliphatic carbocycles. The Hall–Kier alpha value is -0.570. The minimum atomic E-state index is 0.245. The topological polar surface area (TPSA) is 38.3 Å². The minimum absolute atomic E-state index is 0.245. The van der Waals surface area contributed by atoms with Crippen molar-refractivity contribution in [3.05, 3.63) is 0 Å². The summed E-state index contributed by atoms with van der Waals surface area (Å²) < 4.78 is 5.37. The number of hydrogen-bond acceptors (Lipinski definition) is 2. The van der Waals surface area contributed by atoms with Gasteiger partial charge in [0.15, 0.2) is 0 Å². The lowest BCUT2D eigenvalue weighted by atomic mass is 9.82. The van der Waals surface area contributed by atoms with E-state index in [9.17, 15) is 4.79 Å².